The molecule has 0 heterocycles. The fourth-order valence-corrected chi connectivity index (χ4v) is 2.27. The molecular weight excluding hydrogens is 265 g/mol. The van der Waals surface area contributed by atoms with Gasteiger partial charge >= 0.3 is 0 Å². The van der Waals surface area contributed by atoms with Crippen molar-refractivity contribution in [2.75, 3.05) is 12.4 Å². The van der Waals surface area contributed by atoms with E-state index in [9.17, 15) is 4.39 Å². The summed E-state index contributed by atoms with van der Waals surface area (Å²) >= 11 is 0. The van der Waals surface area contributed by atoms with Gasteiger partial charge in [-0.1, -0.05) is 32.0 Å². The molecule has 0 aliphatic heterocycles. The molecule has 2 rings (SSSR count). The van der Waals surface area contributed by atoms with Crippen LogP contribution >= 0.6 is 0 Å². The lowest BCUT2D eigenvalue weighted by Crippen LogP contribution is -2.07. The van der Waals surface area contributed by atoms with Crippen LogP contribution in [0.4, 0.5) is 10.1 Å². The topological polar surface area (TPSA) is 21.3 Å². The molecule has 2 aromatic rings. The SMILES string of the molecule is COc1cc(C(C)Nc2cccc(C(C)C)c2)ccc1F. The van der Waals surface area contributed by atoms with Crippen LogP contribution in [0.15, 0.2) is 42.5 Å². The third-order valence-electron chi connectivity index (χ3n) is 3.61. The van der Waals surface area contributed by atoms with Gasteiger partial charge in [0.1, 0.15) is 0 Å². The zero-order chi connectivity index (χ0) is 15.4. The third kappa shape index (κ3) is 3.75. The molecule has 112 valence electrons. The second-order valence-corrected chi connectivity index (χ2v) is 5.54. The molecule has 0 saturated heterocycles. The van der Waals surface area contributed by atoms with Crippen LogP contribution in [0.3, 0.4) is 0 Å². The molecule has 0 saturated carbocycles. The molecule has 0 fully saturated rings. The number of rotatable bonds is 5. The predicted octanol–water partition coefficient (Wildman–Crippen LogP) is 5.13. The van der Waals surface area contributed by atoms with Crippen LogP contribution in [0.2, 0.25) is 0 Å². The molecule has 0 spiro atoms. The monoisotopic (exact) mass is 287 g/mol. The minimum atomic E-state index is -0.338. The van der Waals surface area contributed by atoms with E-state index in [1.54, 1.807) is 12.1 Å². The van der Waals surface area contributed by atoms with Crippen molar-refractivity contribution in [3.8, 4) is 5.75 Å². The largest absolute Gasteiger partial charge is 0.494 e. The number of methoxy groups -OCH3 is 1. The second-order valence-electron chi connectivity index (χ2n) is 5.54. The molecular formula is C18H22FNO. The Balaban J connectivity index is 2.17. The van der Waals surface area contributed by atoms with Crippen LogP contribution in [0, 0.1) is 5.82 Å². The van der Waals surface area contributed by atoms with Crippen molar-refractivity contribution < 1.29 is 9.13 Å². The summed E-state index contributed by atoms with van der Waals surface area (Å²) in [6.45, 7) is 6.40. The van der Waals surface area contributed by atoms with Gasteiger partial charge in [0.05, 0.1) is 7.11 Å². The van der Waals surface area contributed by atoms with Gasteiger partial charge in [0, 0.05) is 11.7 Å². The van der Waals surface area contributed by atoms with E-state index in [0.717, 1.165) is 11.3 Å². The number of ether oxygens (including phenoxy) is 1. The predicted molar refractivity (Wildman–Crippen MR) is 85.5 cm³/mol. The minimum absolute atomic E-state index is 0.0712. The maximum absolute atomic E-state index is 13.5. The fourth-order valence-electron chi connectivity index (χ4n) is 2.27. The van der Waals surface area contributed by atoms with Gasteiger partial charge in [0.2, 0.25) is 0 Å². The van der Waals surface area contributed by atoms with Crippen molar-refractivity contribution >= 4 is 5.69 Å². The van der Waals surface area contributed by atoms with Crippen molar-refractivity contribution in [3.05, 3.63) is 59.4 Å². The van der Waals surface area contributed by atoms with E-state index < -0.39 is 0 Å². The molecule has 0 bridgehead atoms. The normalized spacial score (nSPS) is 12.3. The Hall–Kier alpha value is -2.03. The summed E-state index contributed by atoms with van der Waals surface area (Å²) < 4.78 is 18.5. The first-order valence-corrected chi connectivity index (χ1v) is 7.21. The first-order valence-electron chi connectivity index (χ1n) is 7.21. The molecule has 0 radical (unpaired) electrons. The molecule has 2 nitrogen and oxygen atoms in total. The summed E-state index contributed by atoms with van der Waals surface area (Å²) in [5.74, 6) is 0.431. The molecule has 0 aliphatic rings. The van der Waals surface area contributed by atoms with Crippen molar-refractivity contribution in [1.29, 1.82) is 0 Å². The van der Waals surface area contributed by atoms with Gasteiger partial charge in [-0.3, -0.25) is 0 Å². The number of hydrogen-bond acceptors (Lipinski definition) is 2. The maximum Gasteiger partial charge on any atom is 0.165 e. The molecule has 1 atom stereocenters. The summed E-state index contributed by atoms with van der Waals surface area (Å²) in [4.78, 5) is 0. The van der Waals surface area contributed by atoms with Crippen LogP contribution < -0.4 is 10.1 Å². The summed E-state index contributed by atoms with van der Waals surface area (Å²) in [6.07, 6.45) is 0. The zero-order valence-corrected chi connectivity index (χ0v) is 13.0. The number of halogens is 1. The van der Waals surface area contributed by atoms with E-state index in [1.165, 1.54) is 18.7 Å². The molecule has 0 aromatic heterocycles. The highest BCUT2D eigenvalue weighted by molar-refractivity contribution is 5.48. The quantitative estimate of drug-likeness (QED) is 0.823. The van der Waals surface area contributed by atoms with Crippen LogP contribution in [-0.2, 0) is 0 Å². The lowest BCUT2D eigenvalue weighted by atomic mass is 10.0. The first-order chi connectivity index (χ1) is 10.0. The summed E-state index contributed by atoms with van der Waals surface area (Å²) in [5.41, 5.74) is 3.35. The van der Waals surface area contributed by atoms with Crippen molar-refractivity contribution in [1.82, 2.24) is 0 Å². The maximum atomic E-state index is 13.5. The van der Waals surface area contributed by atoms with Crippen molar-refractivity contribution in [3.63, 3.8) is 0 Å². The van der Waals surface area contributed by atoms with E-state index in [-0.39, 0.29) is 17.6 Å². The van der Waals surface area contributed by atoms with Gasteiger partial charge in [-0.15, -0.1) is 0 Å². The molecule has 1 unspecified atom stereocenters. The Bertz CT molecular complexity index is 610. The highest BCUT2D eigenvalue weighted by atomic mass is 19.1. The van der Waals surface area contributed by atoms with Crippen LogP contribution in [0.5, 0.6) is 5.75 Å². The minimum Gasteiger partial charge on any atom is -0.494 e. The molecule has 0 aliphatic carbocycles. The van der Waals surface area contributed by atoms with E-state index in [1.807, 2.05) is 6.07 Å². The second kappa shape index (κ2) is 6.61. The lowest BCUT2D eigenvalue weighted by Gasteiger charge is -2.18. The summed E-state index contributed by atoms with van der Waals surface area (Å²) in [6, 6.07) is 13.4. The molecule has 0 amide bonds. The van der Waals surface area contributed by atoms with Crippen LogP contribution in [-0.4, -0.2) is 7.11 Å². The van der Waals surface area contributed by atoms with Gasteiger partial charge in [0.15, 0.2) is 11.6 Å². The highest BCUT2D eigenvalue weighted by Gasteiger charge is 2.10. The van der Waals surface area contributed by atoms with Gasteiger partial charge < -0.3 is 10.1 Å². The van der Waals surface area contributed by atoms with E-state index in [4.69, 9.17) is 4.74 Å². The smallest absolute Gasteiger partial charge is 0.165 e. The van der Waals surface area contributed by atoms with Crippen LogP contribution in [0.25, 0.3) is 0 Å². The van der Waals surface area contributed by atoms with E-state index in [2.05, 4.69) is 44.3 Å². The number of hydrogen-bond donors (Lipinski definition) is 1. The molecule has 21 heavy (non-hydrogen) atoms. The van der Waals surface area contributed by atoms with Gasteiger partial charge in [0.25, 0.3) is 0 Å². The number of nitrogens with one attached hydrogen (secondary N) is 1. The third-order valence-corrected chi connectivity index (χ3v) is 3.61. The highest BCUT2D eigenvalue weighted by Crippen LogP contribution is 2.26. The van der Waals surface area contributed by atoms with Gasteiger partial charge in [-0.25, -0.2) is 4.39 Å². The Kier molecular flexibility index (Phi) is 4.84. The molecule has 1 N–H and O–H groups in total. The molecule has 3 heteroatoms. The average molecular weight is 287 g/mol. The number of benzene rings is 2. The fraction of sp³-hybridized carbons (Fsp3) is 0.333. The zero-order valence-electron chi connectivity index (χ0n) is 13.0. The summed E-state index contributed by atoms with van der Waals surface area (Å²) in [7, 11) is 1.48. The lowest BCUT2D eigenvalue weighted by molar-refractivity contribution is 0.385. The van der Waals surface area contributed by atoms with Crippen molar-refractivity contribution in [2.45, 2.75) is 32.7 Å². The first kappa shape index (κ1) is 15.4. The van der Waals surface area contributed by atoms with Gasteiger partial charge in [-0.2, -0.15) is 0 Å². The van der Waals surface area contributed by atoms with E-state index >= 15 is 0 Å². The Morgan fingerprint density at radius 3 is 2.43 bits per heavy atom. The van der Waals surface area contributed by atoms with Crippen molar-refractivity contribution in [2.24, 2.45) is 0 Å². The van der Waals surface area contributed by atoms with Crippen LogP contribution in [0.1, 0.15) is 43.9 Å². The Morgan fingerprint density at radius 1 is 1.00 bits per heavy atom. The number of anilines is 1. The Labute approximate surface area is 126 Å². The Morgan fingerprint density at radius 2 is 1.76 bits per heavy atom. The molecule has 2 aromatic carbocycles. The standard InChI is InChI=1S/C18H22FNO/c1-12(2)14-6-5-7-16(10-14)20-13(3)15-8-9-17(19)18(11-15)21-4/h5-13,20H,1-4H3. The van der Waals surface area contributed by atoms with Gasteiger partial charge in [-0.05, 0) is 48.2 Å². The summed E-state index contributed by atoms with van der Waals surface area (Å²) in [5, 5.41) is 3.45. The average Bonchev–Trinajstić information content (AvgIpc) is 2.47. The van der Waals surface area contributed by atoms with E-state index in [0.29, 0.717) is 5.92 Å².